The van der Waals surface area contributed by atoms with Gasteiger partial charge in [-0.05, 0) is 99.2 Å². The van der Waals surface area contributed by atoms with Crippen LogP contribution in [-0.4, -0.2) is 204 Å². The molecule has 1 aromatic carbocycles. The number of halogens is 2. The van der Waals surface area contributed by atoms with Crippen molar-refractivity contribution in [1.29, 1.82) is 0 Å². The number of hydrogen-bond acceptors (Lipinski definition) is 22. The van der Waals surface area contributed by atoms with Crippen molar-refractivity contribution in [2.24, 2.45) is 46.6 Å². The fourth-order valence-corrected chi connectivity index (χ4v) is 14.3. The van der Waals surface area contributed by atoms with Crippen LogP contribution in [0.15, 0.2) is 28.3 Å². The highest BCUT2D eigenvalue weighted by atomic mass is 32.2. The largest absolute Gasteiger partial charge is 0.461 e. The SMILES string of the molecule is CO/N=C1\C[C@@H](C)O[C@@H](O[C@@H]2[C@@H](C)[C@H](O[C@H]3CC(C)N(C)C[C@H](C)O3)[C@@H](C)C(=O)O[C@H]([C@@H](C)CO[C@@H]3O[C@H](C)[C@@H](O)[C@@H](OC)[C@H]3OC)[C@H](C)[C@@H](OC(=O)CC(C)C)[C@@H](C)C(=O)[C@@](C)(OC(=O)NC(C)(C)CCS(=O)(=O)c3c(F)cccc3F)C[C@@H]2C)[C@@H]1O. The lowest BCUT2D eigenvalue weighted by Gasteiger charge is -2.45. The van der Waals surface area contributed by atoms with E-state index >= 15 is 9.59 Å². The Labute approximate surface area is 519 Å². The zero-order valence-corrected chi connectivity index (χ0v) is 55.7. The molecule has 1 unspecified atom stereocenters. The van der Waals surface area contributed by atoms with E-state index in [0.717, 1.165) is 18.2 Å². The van der Waals surface area contributed by atoms with E-state index in [4.69, 9.17) is 56.9 Å². The number of rotatable bonds is 20. The van der Waals surface area contributed by atoms with Gasteiger partial charge in [0.05, 0.1) is 60.4 Å². The number of likely N-dealkylation sites (N-methyl/N-ethyl adjacent to an activating group) is 1. The summed E-state index contributed by atoms with van der Waals surface area (Å²) in [7, 11) is 1.56. The number of nitrogens with one attached hydrogen (secondary N) is 1. The van der Waals surface area contributed by atoms with Gasteiger partial charge in [-0.25, -0.2) is 22.0 Å². The molecule has 4 heterocycles. The Balaban J connectivity index is 1.71. The molecule has 1 amide bonds. The highest BCUT2D eigenvalue weighted by Crippen LogP contribution is 2.41. The first kappa shape index (κ1) is 74.7. The average molecular weight is 1280 g/mol. The quantitative estimate of drug-likeness (QED) is 0.0678. The smallest absolute Gasteiger partial charge is 0.408 e. The van der Waals surface area contributed by atoms with Gasteiger partial charge in [0, 0.05) is 69.4 Å². The molecule has 4 aliphatic heterocycles. The number of esters is 2. The van der Waals surface area contributed by atoms with Crippen LogP contribution in [0.1, 0.15) is 136 Å². The minimum atomic E-state index is -4.59. The standard InChI is InChI=1S/C62H101F2N3O20S/c1-31(2)25-45(68)83-51-38(9)50(33(4)30-79-59-54(77-18)53(76-17)47(69)41(12)82-59)85-57(72)40(11)52(84-46-26-34(5)67(16)29-36(7)80-46)37(8)49(86-58-48(70)44(66-78-19)27-35(6)81-58)32(3)28-62(15,56(71)39(51)10)87-60(73)65-61(13,14)23-24-88(74,75)55-42(63)21-20-22-43(55)64/h20-22,31-41,46-54,58-59,69-70H,23-30H2,1-19H3,(H,65,73)/b66-44+/t32-,33-,34?,35+,36-,37+,38-,39+,40+,41+,46-,47+,48+,49-,50+,51+,52-,53+,54+,58-,59+,62-/m0/s1. The van der Waals surface area contributed by atoms with Gasteiger partial charge in [-0.1, -0.05) is 59.7 Å². The van der Waals surface area contributed by atoms with Crippen molar-refractivity contribution in [3.8, 4) is 0 Å². The van der Waals surface area contributed by atoms with Gasteiger partial charge in [-0.15, -0.1) is 0 Å². The van der Waals surface area contributed by atoms with E-state index in [2.05, 4.69) is 15.4 Å². The molecule has 0 aromatic heterocycles. The molecule has 88 heavy (non-hydrogen) atoms. The van der Waals surface area contributed by atoms with E-state index < -0.39 is 182 Å². The summed E-state index contributed by atoms with van der Waals surface area (Å²) >= 11 is 0. The van der Waals surface area contributed by atoms with E-state index in [1.165, 1.54) is 49.0 Å². The fraction of sp³-hybridized carbons (Fsp3) is 0.823. The highest BCUT2D eigenvalue weighted by Gasteiger charge is 2.53. The van der Waals surface area contributed by atoms with Gasteiger partial charge in [0.25, 0.3) is 0 Å². The normalized spacial score (nSPS) is 37.1. The van der Waals surface area contributed by atoms with Gasteiger partial charge in [-0.3, -0.25) is 14.4 Å². The maximum Gasteiger partial charge on any atom is 0.408 e. The molecule has 0 aliphatic carbocycles. The number of cyclic esters (lactones) is 1. The van der Waals surface area contributed by atoms with Crippen LogP contribution in [0.5, 0.6) is 0 Å². The van der Waals surface area contributed by atoms with Gasteiger partial charge in [0.1, 0.15) is 60.3 Å². The predicted molar refractivity (Wildman–Crippen MR) is 317 cm³/mol. The molecular formula is C62H101F2N3O20S. The Kier molecular flexibility index (Phi) is 27.1. The summed E-state index contributed by atoms with van der Waals surface area (Å²) in [4.78, 5) is 66.4. The molecule has 3 N–H and O–H groups in total. The van der Waals surface area contributed by atoms with Crippen molar-refractivity contribution in [2.45, 2.75) is 244 Å². The zero-order chi connectivity index (χ0) is 66.1. The molecular weight excluding hydrogens is 1180 g/mol. The van der Waals surface area contributed by atoms with Gasteiger partial charge in [0.15, 0.2) is 40.1 Å². The summed E-state index contributed by atoms with van der Waals surface area (Å²) in [6.45, 7) is 25.8. The lowest BCUT2D eigenvalue weighted by atomic mass is 9.74. The van der Waals surface area contributed by atoms with Crippen LogP contribution in [0.25, 0.3) is 0 Å². The van der Waals surface area contributed by atoms with E-state index in [0.29, 0.717) is 13.0 Å². The third-order valence-electron chi connectivity index (χ3n) is 17.6. The second kappa shape index (κ2) is 32.0. The van der Waals surface area contributed by atoms with Gasteiger partial charge in [0.2, 0.25) is 0 Å². The molecule has 4 aliphatic rings. The minimum Gasteiger partial charge on any atom is -0.461 e. The number of Topliss-reactive ketones (excluding diaryl/α,β-unsaturated/α-hetero) is 1. The van der Waals surface area contributed by atoms with E-state index in [9.17, 15) is 37.0 Å². The number of alkyl carbamates (subject to hydrolysis) is 1. The summed E-state index contributed by atoms with van der Waals surface area (Å²) in [5.41, 5.74) is -3.45. The Morgan fingerprint density at radius 1 is 0.852 bits per heavy atom. The lowest BCUT2D eigenvalue weighted by molar-refractivity contribution is -0.305. The number of sulfone groups is 1. The fourth-order valence-electron chi connectivity index (χ4n) is 12.6. The number of hydrogen-bond donors (Lipinski definition) is 3. The third kappa shape index (κ3) is 19.0. The number of aliphatic hydroxyl groups excluding tert-OH is 2. The number of aliphatic hydroxyl groups is 2. The number of ketones is 1. The van der Waals surface area contributed by atoms with Crippen molar-refractivity contribution in [1.82, 2.24) is 10.2 Å². The molecule has 0 bridgehead atoms. The maximum absolute atomic E-state index is 16.0. The first-order valence-electron chi connectivity index (χ1n) is 30.7. The molecule has 22 atom stereocenters. The average Bonchev–Trinajstić information content (AvgIpc) is 1.08. The molecule has 0 radical (unpaired) electrons. The Morgan fingerprint density at radius 3 is 2.09 bits per heavy atom. The number of methoxy groups -OCH3 is 2. The van der Waals surface area contributed by atoms with Gasteiger partial charge >= 0.3 is 18.0 Å². The molecule has 26 heteroatoms. The van der Waals surface area contributed by atoms with E-state index in [1.54, 1.807) is 48.5 Å². The molecule has 504 valence electrons. The van der Waals surface area contributed by atoms with Crippen molar-refractivity contribution < 1.29 is 104 Å². The van der Waals surface area contributed by atoms with Crippen LogP contribution < -0.4 is 5.32 Å². The molecule has 1 aromatic rings. The van der Waals surface area contributed by atoms with Gasteiger partial charge < -0.3 is 77.4 Å². The lowest BCUT2D eigenvalue weighted by Crippen LogP contribution is -2.59. The molecule has 5 rings (SSSR count). The van der Waals surface area contributed by atoms with Crippen LogP contribution in [0.2, 0.25) is 0 Å². The van der Waals surface area contributed by atoms with Crippen LogP contribution in [0, 0.1) is 53.1 Å². The predicted octanol–water partition coefficient (Wildman–Crippen LogP) is 6.93. The summed E-state index contributed by atoms with van der Waals surface area (Å²) in [5, 5.41) is 29.6. The van der Waals surface area contributed by atoms with Crippen molar-refractivity contribution in [3.05, 3.63) is 29.8 Å². The number of carbonyl (C=O) groups excluding carboxylic acids is 4. The summed E-state index contributed by atoms with van der Waals surface area (Å²) in [6, 6.07) is 2.63. The van der Waals surface area contributed by atoms with Crippen molar-refractivity contribution in [2.75, 3.05) is 47.3 Å². The molecule has 0 saturated carbocycles. The number of amides is 1. The third-order valence-corrected chi connectivity index (χ3v) is 19.3. The molecule has 4 fully saturated rings. The van der Waals surface area contributed by atoms with E-state index in [1.807, 2.05) is 34.7 Å². The number of oxime groups is 1. The van der Waals surface area contributed by atoms with E-state index in [-0.39, 0.29) is 56.1 Å². The van der Waals surface area contributed by atoms with Crippen molar-refractivity contribution in [3.63, 3.8) is 0 Å². The second-order valence-electron chi connectivity index (χ2n) is 26.3. The Hall–Kier alpha value is -4.06. The van der Waals surface area contributed by atoms with Crippen molar-refractivity contribution >= 4 is 39.4 Å². The number of ether oxygens (including phenoxy) is 11. The van der Waals surface area contributed by atoms with Crippen LogP contribution in [-0.2, 0) is 81.2 Å². The molecule has 4 saturated heterocycles. The summed E-state index contributed by atoms with van der Waals surface area (Å²) < 4.78 is 127. The monoisotopic (exact) mass is 1280 g/mol. The Morgan fingerprint density at radius 2 is 1.49 bits per heavy atom. The minimum absolute atomic E-state index is 0.0540. The topological polar surface area (TPSA) is 281 Å². The number of nitrogens with zero attached hydrogens (tertiary/aromatic N) is 2. The summed E-state index contributed by atoms with van der Waals surface area (Å²) in [5.74, 6) is -11.9. The zero-order valence-electron chi connectivity index (χ0n) is 54.9. The van der Waals surface area contributed by atoms with Crippen LogP contribution in [0.3, 0.4) is 0 Å². The molecule has 0 spiro atoms. The van der Waals surface area contributed by atoms with Crippen LogP contribution in [0.4, 0.5) is 13.6 Å². The highest BCUT2D eigenvalue weighted by molar-refractivity contribution is 7.91. The number of benzene rings is 1. The Bertz CT molecular complexity index is 2600. The summed E-state index contributed by atoms with van der Waals surface area (Å²) in [6.07, 6.45) is -15.8. The first-order chi connectivity index (χ1) is 41.0. The molecule has 23 nitrogen and oxygen atoms in total. The van der Waals surface area contributed by atoms with Crippen LogP contribution >= 0.6 is 0 Å². The second-order valence-corrected chi connectivity index (χ2v) is 28.3. The first-order valence-corrected chi connectivity index (χ1v) is 32.4. The van der Waals surface area contributed by atoms with Gasteiger partial charge in [-0.2, -0.15) is 0 Å². The maximum atomic E-state index is 16.0. The number of carbonyl (C=O) groups is 4.